The molecule has 2 rings (SSSR count). The Hall–Kier alpha value is -2.30. The molecule has 0 amide bonds. The van der Waals surface area contributed by atoms with Crippen molar-refractivity contribution in [2.45, 2.75) is 20.0 Å². The molecule has 21 heavy (non-hydrogen) atoms. The number of rotatable bonds is 4. The van der Waals surface area contributed by atoms with E-state index in [0.717, 1.165) is 6.07 Å². The predicted octanol–water partition coefficient (Wildman–Crippen LogP) is 4.37. The average molecular weight is 294 g/mol. The molecule has 0 spiro atoms. The molecule has 0 aliphatic carbocycles. The van der Waals surface area contributed by atoms with Crippen LogP contribution in [0.2, 0.25) is 0 Å². The molecule has 2 aromatic rings. The Morgan fingerprint density at radius 2 is 1.67 bits per heavy atom. The third kappa shape index (κ3) is 3.24. The zero-order chi connectivity index (χ0) is 15.6. The Bertz CT molecular complexity index is 681. The number of hydrogen-bond acceptors (Lipinski definition) is 2. The first kappa shape index (κ1) is 15.1. The maximum absolute atomic E-state index is 13.8. The van der Waals surface area contributed by atoms with Crippen LogP contribution in [0.25, 0.3) is 11.1 Å². The van der Waals surface area contributed by atoms with E-state index in [1.165, 1.54) is 18.2 Å². The maximum atomic E-state index is 13.8. The molecule has 0 fully saturated rings. The Kier molecular flexibility index (Phi) is 4.31. The number of benzene rings is 2. The van der Waals surface area contributed by atoms with Crippen molar-refractivity contribution in [3.8, 4) is 16.9 Å². The number of aldehydes is 1. The highest BCUT2D eigenvalue weighted by atomic mass is 19.2. The maximum Gasteiger partial charge on any atom is 0.161 e. The molecule has 110 valence electrons. The first-order valence-corrected chi connectivity index (χ1v) is 6.33. The third-order valence-electron chi connectivity index (χ3n) is 2.82. The van der Waals surface area contributed by atoms with E-state index in [-0.39, 0.29) is 17.4 Å². The zero-order valence-electron chi connectivity index (χ0n) is 11.5. The lowest BCUT2D eigenvalue weighted by atomic mass is 10.0. The van der Waals surface area contributed by atoms with Gasteiger partial charge >= 0.3 is 0 Å². The highest BCUT2D eigenvalue weighted by molar-refractivity contribution is 5.82. The number of hydrogen-bond donors (Lipinski definition) is 0. The van der Waals surface area contributed by atoms with Crippen LogP contribution < -0.4 is 4.74 Å². The van der Waals surface area contributed by atoms with E-state index in [0.29, 0.717) is 23.5 Å². The van der Waals surface area contributed by atoms with E-state index in [2.05, 4.69) is 0 Å². The quantitative estimate of drug-likeness (QED) is 0.618. The minimum Gasteiger partial charge on any atom is -0.490 e. The second kappa shape index (κ2) is 5.99. The van der Waals surface area contributed by atoms with Crippen molar-refractivity contribution in [3.05, 3.63) is 53.3 Å². The molecule has 2 nitrogen and oxygen atoms in total. The van der Waals surface area contributed by atoms with Gasteiger partial charge in [-0.1, -0.05) is 6.07 Å². The van der Waals surface area contributed by atoms with Crippen molar-refractivity contribution in [2.75, 3.05) is 0 Å². The summed E-state index contributed by atoms with van der Waals surface area (Å²) in [5.74, 6) is -3.01. The summed E-state index contributed by atoms with van der Waals surface area (Å²) in [4.78, 5) is 11.0. The molecule has 0 atom stereocenters. The summed E-state index contributed by atoms with van der Waals surface area (Å²) in [5.41, 5.74) is 0.503. The van der Waals surface area contributed by atoms with Gasteiger partial charge in [0.25, 0.3) is 0 Å². The minimum atomic E-state index is -1.25. The van der Waals surface area contributed by atoms with Crippen LogP contribution in [0.1, 0.15) is 24.2 Å². The van der Waals surface area contributed by atoms with Crippen LogP contribution in [0, 0.1) is 17.5 Å². The van der Waals surface area contributed by atoms with E-state index >= 15 is 0 Å². The fourth-order valence-electron chi connectivity index (χ4n) is 1.90. The smallest absolute Gasteiger partial charge is 0.161 e. The summed E-state index contributed by atoms with van der Waals surface area (Å²) in [6, 6.07) is 5.59. The highest BCUT2D eigenvalue weighted by Crippen LogP contribution is 2.30. The van der Waals surface area contributed by atoms with Crippen LogP contribution in [0.3, 0.4) is 0 Å². The molecule has 0 heterocycles. The fraction of sp³-hybridized carbons (Fsp3) is 0.188. The minimum absolute atomic E-state index is 0.0973. The fourth-order valence-corrected chi connectivity index (χ4v) is 1.90. The predicted molar refractivity (Wildman–Crippen MR) is 72.9 cm³/mol. The van der Waals surface area contributed by atoms with Crippen molar-refractivity contribution < 1.29 is 22.7 Å². The third-order valence-corrected chi connectivity index (χ3v) is 2.82. The van der Waals surface area contributed by atoms with Crippen molar-refractivity contribution in [3.63, 3.8) is 0 Å². The van der Waals surface area contributed by atoms with Gasteiger partial charge in [-0.15, -0.1) is 0 Å². The van der Waals surface area contributed by atoms with Crippen molar-refractivity contribution in [1.29, 1.82) is 0 Å². The van der Waals surface area contributed by atoms with Gasteiger partial charge in [-0.05, 0) is 37.6 Å². The van der Waals surface area contributed by atoms with Crippen molar-refractivity contribution in [2.24, 2.45) is 0 Å². The SMILES string of the molecule is CC(C)Oc1cc(-c2cc(F)c(F)cc2F)ccc1C=O. The molecule has 0 unspecified atom stereocenters. The van der Waals surface area contributed by atoms with E-state index in [4.69, 9.17) is 4.74 Å². The summed E-state index contributed by atoms with van der Waals surface area (Å²) < 4.78 is 45.5. The summed E-state index contributed by atoms with van der Waals surface area (Å²) in [5, 5.41) is 0. The average Bonchev–Trinajstić information content (AvgIpc) is 2.42. The molecule has 0 aliphatic rings. The molecule has 0 aromatic heterocycles. The van der Waals surface area contributed by atoms with E-state index in [1.54, 1.807) is 13.8 Å². The van der Waals surface area contributed by atoms with E-state index in [1.807, 2.05) is 0 Å². The first-order chi connectivity index (χ1) is 9.92. The summed E-state index contributed by atoms with van der Waals surface area (Å²) in [7, 11) is 0. The Balaban J connectivity index is 2.54. The summed E-state index contributed by atoms with van der Waals surface area (Å²) in [6.45, 7) is 3.55. The van der Waals surface area contributed by atoms with Crippen LogP contribution >= 0.6 is 0 Å². The van der Waals surface area contributed by atoms with Gasteiger partial charge in [0.05, 0.1) is 11.7 Å². The van der Waals surface area contributed by atoms with Gasteiger partial charge in [-0.3, -0.25) is 4.79 Å². The topological polar surface area (TPSA) is 26.3 Å². The monoisotopic (exact) mass is 294 g/mol. The van der Waals surface area contributed by atoms with Crippen LogP contribution in [0.4, 0.5) is 13.2 Å². The number of ether oxygens (including phenoxy) is 1. The first-order valence-electron chi connectivity index (χ1n) is 6.33. The van der Waals surface area contributed by atoms with E-state index in [9.17, 15) is 18.0 Å². The van der Waals surface area contributed by atoms with Gasteiger partial charge < -0.3 is 4.74 Å². The molecular weight excluding hydrogens is 281 g/mol. The van der Waals surface area contributed by atoms with Crippen LogP contribution in [-0.4, -0.2) is 12.4 Å². The van der Waals surface area contributed by atoms with Crippen molar-refractivity contribution >= 4 is 6.29 Å². The summed E-state index contributed by atoms with van der Waals surface area (Å²) in [6.07, 6.45) is 0.428. The van der Waals surface area contributed by atoms with Gasteiger partial charge in [0.2, 0.25) is 0 Å². The highest BCUT2D eigenvalue weighted by Gasteiger charge is 2.14. The molecule has 0 N–H and O–H groups in total. The number of halogens is 3. The van der Waals surface area contributed by atoms with E-state index < -0.39 is 17.5 Å². The van der Waals surface area contributed by atoms with Crippen LogP contribution in [0.5, 0.6) is 5.75 Å². The Morgan fingerprint density at radius 1 is 1.00 bits per heavy atom. The normalized spacial score (nSPS) is 10.8. The molecule has 0 saturated heterocycles. The Morgan fingerprint density at radius 3 is 2.29 bits per heavy atom. The lowest BCUT2D eigenvalue weighted by Crippen LogP contribution is -2.07. The van der Waals surface area contributed by atoms with Gasteiger partial charge in [0.15, 0.2) is 17.9 Å². The molecule has 0 saturated carbocycles. The van der Waals surface area contributed by atoms with Gasteiger partial charge in [-0.25, -0.2) is 13.2 Å². The Labute approximate surface area is 120 Å². The second-order valence-corrected chi connectivity index (χ2v) is 4.78. The molecule has 0 bridgehead atoms. The summed E-state index contributed by atoms with van der Waals surface area (Å²) >= 11 is 0. The molecule has 2 aromatic carbocycles. The lowest BCUT2D eigenvalue weighted by molar-refractivity contribution is 0.111. The number of carbonyl (C=O) groups excluding carboxylic acids is 1. The standard InChI is InChI=1S/C16H13F3O2/c1-9(2)21-16-5-10(3-4-11(16)8-20)12-6-14(18)15(19)7-13(12)17/h3-9H,1-2H3. The number of carbonyl (C=O) groups is 1. The van der Waals surface area contributed by atoms with Crippen LogP contribution in [-0.2, 0) is 0 Å². The van der Waals surface area contributed by atoms with Gasteiger partial charge in [-0.2, -0.15) is 0 Å². The molecule has 0 radical (unpaired) electrons. The largest absolute Gasteiger partial charge is 0.490 e. The van der Waals surface area contributed by atoms with Crippen molar-refractivity contribution in [1.82, 2.24) is 0 Å². The van der Waals surface area contributed by atoms with Crippen LogP contribution in [0.15, 0.2) is 30.3 Å². The van der Waals surface area contributed by atoms with Gasteiger partial charge in [0.1, 0.15) is 11.6 Å². The molecular formula is C16H13F3O2. The second-order valence-electron chi connectivity index (χ2n) is 4.78. The zero-order valence-corrected chi connectivity index (χ0v) is 11.5. The molecule has 5 heteroatoms. The lowest BCUT2D eigenvalue weighted by Gasteiger charge is -2.13. The molecule has 0 aliphatic heterocycles. The van der Waals surface area contributed by atoms with Gasteiger partial charge in [0, 0.05) is 11.6 Å².